The molecule has 1 heterocycles. The number of hydrogen-bond acceptors (Lipinski definition) is 6. The van der Waals surface area contributed by atoms with E-state index >= 15 is 0 Å². The number of benzene rings is 2. The normalized spacial score (nSPS) is 14.3. The molecule has 0 spiro atoms. The molecule has 1 aliphatic rings. The number of rotatable bonds is 9. The summed E-state index contributed by atoms with van der Waals surface area (Å²) in [5.74, 6) is -3.64. The third-order valence-corrected chi connectivity index (χ3v) is 7.34. The van der Waals surface area contributed by atoms with E-state index in [1.165, 1.54) is 34.6 Å². The van der Waals surface area contributed by atoms with E-state index in [-0.39, 0.29) is 29.8 Å². The lowest BCUT2D eigenvalue weighted by atomic mass is 10.3. The molecule has 10 nitrogen and oxygen atoms in total. The van der Waals surface area contributed by atoms with E-state index in [9.17, 15) is 22.6 Å². The average molecular weight is 590 g/mol. The zero-order chi connectivity index (χ0) is 29.1. The van der Waals surface area contributed by atoms with E-state index in [0.29, 0.717) is 18.1 Å². The highest BCUT2D eigenvalue weighted by Gasteiger charge is 2.26. The van der Waals surface area contributed by atoms with Gasteiger partial charge in [-0.05, 0) is 43.4 Å². The number of ether oxygens (including phenoxy) is 1. The number of hydrogen-bond donors (Lipinski definition) is 2. The molecule has 0 radical (unpaired) electrons. The van der Waals surface area contributed by atoms with Crippen LogP contribution < -0.4 is 10.2 Å². The summed E-state index contributed by atoms with van der Waals surface area (Å²) < 4.78 is 49.1. The SMILES string of the molecule is CC.CN1CCN(C(=O)N(C)CCN(CC(=O)NO)S(=O)c2cc(F)c(Oc3ccc(Cl)cc3)c(F)c2)CC1. The Kier molecular flexibility index (Phi) is 13.0. The van der Waals surface area contributed by atoms with Crippen LogP contribution in [0, 0.1) is 11.6 Å². The maximum Gasteiger partial charge on any atom is 0.319 e. The van der Waals surface area contributed by atoms with Crippen LogP contribution in [0.15, 0.2) is 41.3 Å². The Bertz CT molecular complexity index is 1110. The number of urea groups is 1. The summed E-state index contributed by atoms with van der Waals surface area (Å²) in [6, 6.07) is 7.30. The summed E-state index contributed by atoms with van der Waals surface area (Å²) in [4.78, 5) is 29.5. The molecule has 216 valence electrons. The van der Waals surface area contributed by atoms with Crippen LogP contribution >= 0.6 is 11.6 Å². The number of amides is 3. The predicted molar refractivity (Wildman–Crippen MR) is 144 cm³/mol. The second-order valence-corrected chi connectivity index (χ2v) is 10.3. The zero-order valence-electron chi connectivity index (χ0n) is 22.3. The van der Waals surface area contributed by atoms with Gasteiger partial charge in [0, 0.05) is 51.3 Å². The molecule has 3 amide bonds. The lowest BCUT2D eigenvalue weighted by Gasteiger charge is -2.35. The van der Waals surface area contributed by atoms with Crippen molar-refractivity contribution in [2.45, 2.75) is 18.7 Å². The molecule has 1 fully saturated rings. The minimum absolute atomic E-state index is 0.0678. The number of carbonyl (C=O) groups excluding carboxylic acids is 2. The van der Waals surface area contributed by atoms with Crippen LogP contribution in [0.4, 0.5) is 13.6 Å². The van der Waals surface area contributed by atoms with Gasteiger partial charge < -0.3 is 19.4 Å². The first-order chi connectivity index (χ1) is 18.6. The van der Waals surface area contributed by atoms with E-state index in [2.05, 4.69) is 4.90 Å². The molecule has 2 N–H and O–H groups in total. The van der Waals surface area contributed by atoms with Crippen molar-refractivity contribution in [3.63, 3.8) is 0 Å². The summed E-state index contributed by atoms with van der Waals surface area (Å²) in [5, 5.41) is 9.35. The highest BCUT2D eigenvalue weighted by molar-refractivity contribution is 7.82. The van der Waals surface area contributed by atoms with Crippen molar-refractivity contribution in [2.75, 3.05) is 59.9 Å². The predicted octanol–water partition coefficient (Wildman–Crippen LogP) is 3.57. The molecule has 1 saturated heterocycles. The molecule has 0 aliphatic carbocycles. The van der Waals surface area contributed by atoms with Gasteiger partial charge in [0.05, 0.1) is 11.4 Å². The van der Waals surface area contributed by atoms with Crippen LogP contribution in [0.2, 0.25) is 5.02 Å². The summed E-state index contributed by atoms with van der Waals surface area (Å²) in [6.45, 7) is 6.03. The van der Waals surface area contributed by atoms with Gasteiger partial charge in [0.2, 0.25) is 0 Å². The van der Waals surface area contributed by atoms with Crippen molar-refractivity contribution in [1.82, 2.24) is 24.5 Å². The molecule has 0 bridgehead atoms. The monoisotopic (exact) mass is 589 g/mol. The van der Waals surface area contributed by atoms with E-state index in [4.69, 9.17) is 21.5 Å². The van der Waals surface area contributed by atoms with Crippen molar-refractivity contribution in [1.29, 1.82) is 0 Å². The number of carbonyl (C=O) groups is 2. The minimum atomic E-state index is -2.21. The Morgan fingerprint density at radius 3 is 2.18 bits per heavy atom. The Balaban J connectivity index is 0.00000260. The number of piperazine rings is 1. The van der Waals surface area contributed by atoms with Gasteiger partial charge in [-0.25, -0.2) is 27.6 Å². The van der Waals surface area contributed by atoms with Crippen LogP contribution in [-0.4, -0.2) is 100 Å². The standard InChI is InChI=1S/C23H28ClF2N5O5S.C2H6/c1-28-7-10-30(11-8-28)23(33)29(2)9-12-31(15-21(32)27-34)37(35)18-13-19(25)22(20(26)14-18)36-17-5-3-16(24)4-6-17;1-2/h3-6,13-14,34H,7-12,15H2,1-2H3,(H,27,32);1-2H3. The lowest BCUT2D eigenvalue weighted by Crippen LogP contribution is -2.52. The van der Waals surface area contributed by atoms with Crippen molar-refractivity contribution < 1.29 is 32.5 Å². The van der Waals surface area contributed by atoms with E-state index in [1.54, 1.807) is 11.9 Å². The first-order valence-corrected chi connectivity index (χ1v) is 13.8. The van der Waals surface area contributed by atoms with Crippen LogP contribution in [0.25, 0.3) is 0 Å². The van der Waals surface area contributed by atoms with Gasteiger partial charge in [0.15, 0.2) is 17.4 Å². The average Bonchev–Trinajstić information content (AvgIpc) is 2.94. The number of halogens is 3. The molecular weight excluding hydrogens is 556 g/mol. The second kappa shape index (κ2) is 15.7. The van der Waals surface area contributed by atoms with Gasteiger partial charge in [0.1, 0.15) is 16.7 Å². The summed E-state index contributed by atoms with van der Waals surface area (Å²) in [7, 11) is 1.32. The van der Waals surface area contributed by atoms with Gasteiger partial charge >= 0.3 is 6.03 Å². The van der Waals surface area contributed by atoms with Gasteiger partial charge in [-0.15, -0.1) is 0 Å². The Morgan fingerprint density at radius 1 is 1.08 bits per heavy atom. The van der Waals surface area contributed by atoms with E-state index < -0.39 is 40.8 Å². The van der Waals surface area contributed by atoms with Gasteiger partial charge in [-0.3, -0.25) is 10.0 Å². The molecule has 1 unspecified atom stereocenters. The Labute approximate surface area is 234 Å². The van der Waals surface area contributed by atoms with Crippen molar-refractivity contribution in [3.05, 3.63) is 53.1 Å². The Morgan fingerprint density at radius 2 is 1.64 bits per heavy atom. The van der Waals surface area contributed by atoms with Crippen LogP contribution in [0.5, 0.6) is 11.5 Å². The molecular formula is C25H34ClF2N5O5S. The van der Waals surface area contributed by atoms with E-state index in [1.807, 2.05) is 20.9 Å². The summed E-state index contributed by atoms with van der Waals surface area (Å²) in [6.07, 6.45) is 0. The fourth-order valence-electron chi connectivity index (χ4n) is 3.52. The molecule has 1 aliphatic heterocycles. The van der Waals surface area contributed by atoms with Crippen molar-refractivity contribution in [3.8, 4) is 11.5 Å². The molecule has 2 aromatic carbocycles. The number of nitrogens with one attached hydrogen (secondary N) is 1. The highest BCUT2D eigenvalue weighted by Crippen LogP contribution is 2.30. The second-order valence-electron chi connectivity index (χ2n) is 8.41. The van der Waals surface area contributed by atoms with Crippen molar-refractivity contribution >= 4 is 34.5 Å². The summed E-state index contributed by atoms with van der Waals surface area (Å²) in [5.41, 5.74) is 1.45. The fraction of sp³-hybridized carbons (Fsp3) is 0.440. The molecule has 39 heavy (non-hydrogen) atoms. The third-order valence-electron chi connectivity index (χ3n) is 5.67. The van der Waals surface area contributed by atoms with Crippen LogP contribution in [0.1, 0.15) is 13.8 Å². The quantitative estimate of drug-likeness (QED) is 0.342. The molecule has 2 aromatic rings. The number of likely N-dealkylation sites (N-methyl/N-ethyl adjacent to an activating group) is 2. The lowest BCUT2D eigenvalue weighted by molar-refractivity contribution is -0.129. The molecule has 0 aromatic heterocycles. The zero-order valence-corrected chi connectivity index (χ0v) is 23.9. The summed E-state index contributed by atoms with van der Waals surface area (Å²) >= 11 is 5.80. The maximum absolute atomic E-state index is 14.8. The topological polar surface area (TPSA) is 106 Å². The van der Waals surface area contributed by atoms with Crippen molar-refractivity contribution in [2.24, 2.45) is 0 Å². The maximum atomic E-state index is 14.8. The number of hydroxylamine groups is 1. The first kappa shape index (κ1) is 32.4. The Hall–Kier alpha value is -2.84. The smallest absolute Gasteiger partial charge is 0.319 e. The third kappa shape index (κ3) is 9.39. The van der Waals surface area contributed by atoms with Crippen LogP contribution in [-0.2, 0) is 15.8 Å². The molecule has 0 saturated carbocycles. The molecule has 14 heteroatoms. The fourth-order valence-corrected chi connectivity index (χ4v) is 4.83. The first-order valence-electron chi connectivity index (χ1n) is 12.3. The highest BCUT2D eigenvalue weighted by atomic mass is 35.5. The van der Waals surface area contributed by atoms with Gasteiger partial charge in [0.25, 0.3) is 5.91 Å². The van der Waals surface area contributed by atoms with Gasteiger partial charge in [-0.2, -0.15) is 0 Å². The van der Waals surface area contributed by atoms with Gasteiger partial charge in [-0.1, -0.05) is 25.4 Å². The van der Waals surface area contributed by atoms with E-state index in [0.717, 1.165) is 29.5 Å². The number of nitrogens with zero attached hydrogens (tertiary/aromatic N) is 4. The molecule has 3 rings (SSSR count). The molecule has 1 atom stereocenters. The minimum Gasteiger partial charge on any atom is -0.451 e. The van der Waals surface area contributed by atoms with Crippen LogP contribution in [0.3, 0.4) is 0 Å². The largest absolute Gasteiger partial charge is 0.451 e.